The molecular weight excluding hydrogens is 410 g/mol. The summed E-state index contributed by atoms with van der Waals surface area (Å²) in [5.74, 6) is 1.46. The van der Waals surface area contributed by atoms with E-state index in [2.05, 4.69) is 17.1 Å². The first-order valence-corrected chi connectivity index (χ1v) is 11.6. The number of carbonyl (C=O) groups is 2. The van der Waals surface area contributed by atoms with Gasteiger partial charge in [0.1, 0.15) is 5.76 Å². The second kappa shape index (κ2) is 9.92. The highest BCUT2D eigenvalue weighted by molar-refractivity contribution is 7.13. The minimum atomic E-state index is 0.0327. The Balaban J connectivity index is 1.23. The molecule has 1 aliphatic heterocycles. The van der Waals surface area contributed by atoms with Crippen LogP contribution in [0.1, 0.15) is 29.9 Å². The molecule has 31 heavy (non-hydrogen) atoms. The Morgan fingerprint density at radius 1 is 1.00 bits per heavy atom. The van der Waals surface area contributed by atoms with Crippen molar-refractivity contribution in [1.29, 1.82) is 0 Å². The van der Waals surface area contributed by atoms with Crippen molar-refractivity contribution in [2.24, 2.45) is 0 Å². The Hall–Kier alpha value is -2.93. The fourth-order valence-corrected chi connectivity index (χ4v) is 4.45. The smallest absolute Gasteiger partial charge is 0.236 e. The zero-order chi connectivity index (χ0) is 21.6. The zero-order valence-corrected chi connectivity index (χ0v) is 18.6. The number of rotatable bonds is 7. The van der Waals surface area contributed by atoms with Crippen LogP contribution in [0.25, 0.3) is 10.8 Å². The van der Waals surface area contributed by atoms with E-state index in [1.165, 1.54) is 5.56 Å². The molecule has 0 aliphatic carbocycles. The molecule has 0 spiro atoms. The number of benzene rings is 1. The van der Waals surface area contributed by atoms with E-state index in [0.717, 1.165) is 17.7 Å². The predicted molar refractivity (Wildman–Crippen MR) is 121 cm³/mol. The lowest BCUT2D eigenvalue weighted by Crippen LogP contribution is -2.51. The van der Waals surface area contributed by atoms with Crippen LogP contribution in [0.5, 0.6) is 0 Å². The molecule has 0 unspecified atom stereocenters. The summed E-state index contributed by atoms with van der Waals surface area (Å²) in [6, 6.07) is 14.1. The van der Waals surface area contributed by atoms with Gasteiger partial charge in [-0.2, -0.15) is 0 Å². The number of nitrogens with zero attached hydrogens (tertiary/aromatic N) is 3. The summed E-state index contributed by atoms with van der Waals surface area (Å²) < 4.78 is 5.74. The highest BCUT2D eigenvalue weighted by atomic mass is 32.1. The topological polar surface area (TPSA) is 66.7 Å². The van der Waals surface area contributed by atoms with Crippen LogP contribution in [0.15, 0.2) is 52.3 Å². The first kappa shape index (κ1) is 21.3. The average molecular weight is 438 g/mol. The summed E-state index contributed by atoms with van der Waals surface area (Å²) in [6.45, 7) is 4.16. The molecule has 162 valence electrons. The van der Waals surface area contributed by atoms with Crippen LogP contribution < -0.4 is 0 Å². The Morgan fingerprint density at radius 3 is 2.39 bits per heavy atom. The highest BCUT2D eigenvalue weighted by Gasteiger charge is 2.25. The van der Waals surface area contributed by atoms with Gasteiger partial charge in [0.25, 0.3) is 0 Å². The highest BCUT2D eigenvalue weighted by Crippen LogP contribution is 2.26. The van der Waals surface area contributed by atoms with Crippen molar-refractivity contribution in [2.45, 2.75) is 32.6 Å². The van der Waals surface area contributed by atoms with Crippen LogP contribution in [0.2, 0.25) is 0 Å². The number of aryl methyl sites for hydroxylation is 2. The van der Waals surface area contributed by atoms with Gasteiger partial charge in [-0.05, 0) is 36.8 Å². The minimum Gasteiger partial charge on any atom is -0.440 e. The first-order valence-electron chi connectivity index (χ1n) is 10.7. The summed E-state index contributed by atoms with van der Waals surface area (Å²) in [5, 5.41) is 1.97. The molecule has 0 bridgehead atoms. The molecular formula is C24H27N3O3S. The molecule has 3 heterocycles. The van der Waals surface area contributed by atoms with Gasteiger partial charge in [-0.15, -0.1) is 11.3 Å². The Labute approximate surface area is 186 Å². The van der Waals surface area contributed by atoms with Crippen LogP contribution in [0, 0.1) is 6.92 Å². The van der Waals surface area contributed by atoms with E-state index < -0.39 is 0 Å². The molecule has 0 saturated carbocycles. The molecule has 4 rings (SSSR count). The van der Waals surface area contributed by atoms with Crippen LogP contribution in [-0.2, 0) is 22.4 Å². The second-order valence-electron chi connectivity index (χ2n) is 7.78. The van der Waals surface area contributed by atoms with Gasteiger partial charge in [-0.3, -0.25) is 9.59 Å². The maximum atomic E-state index is 12.8. The van der Waals surface area contributed by atoms with Crippen molar-refractivity contribution in [1.82, 2.24) is 14.8 Å². The second-order valence-corrected chi connectivity index (χ2v) is 8.72. The molecule has 2 amide bonds. The summed E-state index contributed by atoms with van der Waals surface area (Å²) in [5.41, 5.74) is 1.95. The van der Waals surface area contributed by atoms with Gasteiger partial charge in [-0.1, -0.05) is 36.4 Å². The van der Waals surface area contributed by atoms with Crippen molar-refractivity contribution >= 4 is 23.2 Å². The van der Waals surface area contributed by atoms with Gasteiger partial charge in [0, 0.05) is 32.6 Å². The predicted octanol–water partition coefficient (Wildman–Crippen LogP) is 3.95. The number of piperazine rings is 1. The molecule has 1 fully saturated rings. The van der Waals surface area contributed by atoms with E-state index in [9.17, 15) is 9.59 Å². The van der Waals surface area contributed by atoms with Crippen LogP contribution in [-0.4, -0.2) is 52.8 Å². The third-order valence-electron chi connectivity index (χ3n) is 5.63. The number of hydrogen-bond donors (Lipinski definition) is 0. The van der Waals surface area contributed by atoms with E-state index in [4.69, 9.17) is 4.42 Å². The SMILES string of the molecule is Cc1oc(-c2cccs2)nc1CC(=O)N1CCN(C(=O)CCCc2ccccc2)CC1. The van der Waals surface area contributed by atoms with E-state index in [1.807, 2.05) is 52.4 Å². The number of hydrogen-bond acceptors (Lipinski definition) is 5. The van der Waals surface area contributed by atoms with Gasteiger partial charge in [-0.25, -0.2) is 4.98 Å². The first-order chi connectivity index (χ1) is 15.1. The Morgan fingerprint density at radius 2 is 1.71 bits per heavy atom. The summed E-state index contributed by atoms with van der Waals surface area (Å²) in [4.78, 5) is 34.5. The normalized spacial score (nSPS) is 14.1. The van der Waals surface area contributed by atoms with Crippen molar-refractivity contribution in [3.05, 3.63) is 64.9 Å². The maximum absolute atomic E-state index is 12.8. The number of oxazole rings is 1. The maximum Gasteiger partial charge on any atom is 0.236 e. The lowest BCUT2D eigenvalue weighted by molar-refractivity contribution is -0.139. The third-order valence-corrected chi connectivity index (χ3v) is 6.49. The largest absolute Gasteiger partial charge is 0.440 e. The molecule has 7 heteroatoms. The number of carbonyl (C=O) groups excluding carboxylic acids is 2. The van der Waals surface area contributed by atoms with Gasteiger partial charge >= 0.3 is 0 Å². The van der Waals surface area contributed by atoms with Gasteiger partial charge in [0.2, 0.25) is 17.7 Å². The molecule has 1 aromatic carbocycles. The van der Waals surface area contributed by atoms with Crippen molar-refractivity contribution in [2.75, 3.05) is 26.2 Å². The molecule has 3 aromatic rings. The standard InChI is InChI=1S/C24H27N3O3S/c1-18-20(25-24(30-18)21-10-6-16-31-21)17-23(29)27-14-12-26(13-15-27)22(28)11-5-9-19-7-3-2-4-8-19/h2-4,6-8,10,16H,5,9,11-15,17H2,1H3. The summed E-state index contributed by atoms with van der Waals surface area (Å²) >= 11 is 1.56. The third kappa shape index (κ3) is 5.41. The number of thiophene rings is 1. The quantitative estimate of drug-likeness (QED) is 0.561. The van der Waals surface area contributed by atoms with Gasteiger partial charge in [0.05, 0.1) is 17.0 Å². The average Bonchev–Trinajstić information content (AvgIpc) is 3.45. The summed E-state index contributed by atoms with van der Waals surface area (Å²) in [6.07, 6.45) is 2.54. The van der Waals surface area contributed by atoms with E-state index in [0.29, 0.717) is 49.9 Å². The van der Waals surface area contributed by atoms with E-state index in [1.54, 1.807) is 11.3 Å². The lowest BCUT2D eigenvalue weighted by atomic mass is 10.1. The fraction of sp³-hybridized carbons (Fsp3) is 0.375. The van der Waals surface area contributed by atoms with Crippen LogP contribution in [0.4, 0.5) is 0 Å². The van der Waals surface area contributed by atoms with Crippen LogP contribution >= 0.6 is 11.3 Å². The Kier molecular flexibility index (Phi) is 6.82. The van der Waals surface area contributed by atoms with Crippen LogP contribution in [0.3, 0.4) is 0 Å². The molecule has 0 atom stereocenters. The Bertz CT molecular complexity index is 1010. The molecule has 1 aliphatic rings. The summed E-state index contributed by atoms with van der Waals surface area (Å²) in [7, 11) is 0. The number of amides is 2. The minimum absolute atomic E-state index is 0.0327. The monoisotopic (exact) mass is 437 g/mol. The molecule has 1 saturated heterocycles. The van der Waals surface area contributed by atoms with Crippen molar-refractivity contribution in [3.8, 4) is 10.8 Å². The molecule has 0 N–H and O–H groups in total. The molecule has 6 nitrogen and oxygen atoms in total. The van der Waals surface area contributed by atoms with Gasteiger partial charge < -0.3 is 14.2 Å². The number of aromatic nitrogens is 1. The van der Waals surface area contributed by atoms with Crippen molar-refractivity contribution in [3.63, 3.8) is 0 Å². The van der Waals surface area contributed by atoms with Gasteiger partial charge in [0.15, 0.2) is 0 Å². The molecule has 0 radical (unpaired) electrons. The zero-order valence-electron chi connectivity index (χ0n) is 17.8. The fourth-order valence-electron chi connectivity index (χ4n) is 3.80. The molecule has 2 aromatic heterocycles. The van der Waals surface area contributed by atoms with Crippen molar-refractivity contribution < 1.29 is 14.0 Å². The lowest BCUT2D eigenvalue weighted by Gasteiger charge is -2.34. The van der Waals surface area contributed by atoms with E-state index >= 15 is 0 Å². The van der Waals surface area contributed by atoms with E-state index in [-0.39, 0.29) is 18.2 Å².